The van der Waals surface area contributed by atoms with Gasteiger partial charge in [-0.2, -0.15) is 0 Å². The highest BCUT2D eigenvalue weighted by atomic mass is 127. The monoisotopic (exact) mass is 1100 g/mol. The molecule has 4 rings (SSSR count). The zero-order valence-electron chi connectivity index (χ0n) is 43.0. The minimum Gasteiger partial charge on any atom is -0.460 e. The summed E-state index contributed by atoms with van der Waals surface area (Å²) in [6, 6.07) is 17.1. The lowest BCUT2D eigenvalue weighted by Crippen LogP contribution is -2.53. The van der Waals surface area contributed by atoms with Crippen LogP contribution in [0.1, 0.15) is 131 Å². The molecule has 1 fully saturated rings. The summed E-state index contributed by atoms with van der Waals surface area (Å²) in [7, 11) is 0. The number of halogens is 1. The number of esters is 3. The Morgan fingerprint density at radius 3 is 1.77 bits per heavy atom. The number of fused-ring (bicyclic) bond motifs is 1. The lowest BCUT2D eigenvalue weighted by Gasteiger charge is -2.29. The minimum absolute atomic E-state index is 0.107. The van der Waals surface area contributed by atoms with Crippen molar-refractivity contribution < 1.29 is 47.8 Å². The van der Waals surface area contributed by atoms with Gasteiger partial charge in [0, 0.05) is 35.4 Å². The first-order chi connectivity index (χ1) is 33.2. The van der Waals surface area contributed by atoms with E-state index in [-0.39, 0.29) is 61.8 Å². The van der Waals surface area contributed by atoms with Gasteiger partial charge in [-0.25, -0.2) is 14.4 Å². The summed E-state index contributed by atoms with van der Waals surface area (Å²) in [4.78, 5) is 93.2. The molecule has 3 aromatic carbocycles. The van der Waals surface area contributed by atoms with Crippen LogP contribution in [0.25, 0.3) is 10.8 Å². The molecule has 1 aliphatic carbocycles. The van der Waals surface area contributed by atoms with E-state index in [4.69, 9.17) is 19.9 Å². The average Bonchev–Trinajstić information content (AvgIpc) is 3.27. The smallest absolute Gasteiger partial charge is 0.329 e. The summed E-state index contributed by atoms with van der Waals surface area (Å²) in [6.45, 7) is 16.0. The quantitative estimate of drug-likeness (QED) is 0.0257. The third-order valence-corrected chi connectivity index (χ3v) is 12.4. The van der Waals surface area contributed by atoms with Gasteiger partial charge in [-0.3, -0.25) is 19.2 Å². The fourth-order valence-electron chi connectivity index (χ4n) is 8.14. The molecule has 0 saturated heterocycles. The molecule has 0 unspecified atom stereocenters. The lowest BCUT2D eigenvalue weighted by atomic mass is 9.81. The van der Waals surface area contributed by atoms with Gasteiger partial charge >= 0.3 is 23.9 Å². The number of urea groups is 1. The topological polar surface area (TPSA) is 233 Å². The van der Waals surface area contributed by atoms with E-state index in [9.17, 15) is 33.6 Å². The summed E-state index contributed by atoms with van der Waals surface area (Å²) >= 11 is 2.24. The third-order valence-electron chi connectivity index (χ3n) is 11.6. The number of hydrogen-bond donors (Lipinski definition) is 6. The molecular weight excluding hydrogens is 1020 g/mol. The van der Waals surface area contributed by atoms with Crippen LogP contribution in [0.4, 0.5) is 4.79 Å². The van der Waals surface area contributed by atoms with Crippen molar-refractivity contribution in [3.8, 4) is 0 Å². The Balaban J connectivity index is 1.35. The summed E-state index contributed by atoms with van der Waals surface area (Å²) in [5.41, 5.74) is 5.61. The first kappa shape index (κ1) is 58.3. The van der Waals surface area contributed by atoms with Crippen molar-refractivity contribution in [1.82, 2.24) is 26.6 Å². The van der Waals surface area contributed by atoms with Crippen LogP contribution in [-0.4, -0.2) is 95.7 Å². The van der Waals surface area contributed by atoms with E-state index < -0.39 is 64.9 Å². The number of carbonyl (C=O) groups is 7. The molecule has 71 heavy (non-hydrogen) atoms. The van der Waals surface area contributed by atoms with Gasteiger partial charge in [0.25, 0.3) is 0 Å². The Morgan fingerprint density at radius 2 is 1.18 bits per heavy atom. The van der Waals surface area contributed by atoms with Gasteiger partial charge in [-0.05, 0) is 183 Å². The molecule has 1 saturated carbocycles. The van der Waals surface area contributed by atoms with Gasteiger partial charge in [0.2, 0.25) is 17.7 Å². The number of amides is 5. The Hall–Kier alpha value is -5.30. The fourth-order valence-corrected chi connectivity index (χ4v) is 8.50. The van der Waals surface area contributed by atoms with Gasteiger partial charge in [-0.15, -0.1) is 0 Å². The molecule has 5 amide bonds. The maximum Gasteiger partial charge on any atom is 0.329 e. The van der Waals surface area contributed by atoms with E-state index in [2.05, 4.69) is 49.2 Å². The van der Waals surface area contributed by atoms with E-state index in [1.165, 1.54) is 0 Å². The van der Waals surface area contributed by atoms with Gasteiger partial charge in [0.05, 0.1) is 6.04 Å². The second kappa shape index (κ2) is 26.9. The molecule has 0 spiro atoms. The van der Waals surface area contributed by atoms with Crippen molar-refractivity contribution >= 4 is 75.0 Å². The number of carbonyl (C=O) groups excluding carboxylic acids is 7. The van der Waals surface area contributed by atoms with Crippen LogP contribution >= 0.6 is 22.6 Å². The maximum atomic E-state index is 13.9. The normalized spacial score (nSPS) is 16.8. The van der Waals surface area contributed by atoms with Crippen molar-refractivity contribution in [2.45, 2.75) is 174 Å². The number of ether oxygens (including phenoxy) is 3. The van der Waals surface area contributed by atoms with Crippen LogP contribution in [0.15, 0.2) is 66.7 Å². The Kier molecular flexibility index (Phi) is 22.1. The molecule has 4 atom stereocenters. The molecule has 0 radical (unpaired) electrons. The summed E-state index contributed by atoms with van der Waals surface area (Å²) in [5, 5.41) is 16.3. The Bertz CT molecular complexity index is 2280. The van der Waals surface area contributed by atoms with E-state index in [0.717, 1.165) is 38.3 Å². The summed E-state index contributed by atoms with van der Waals surface area (Å²) < 4.78 is 17.7. The molecule has 17 heteroatoms. The minimum atomic E-state index is -1.23. The molecule has 390 valence electrons. The number of nitrogens with two attached hydrogens (primary N) is 1. The predicted molar refractivity (Wildman–Crippen MR) is 282 cm³/mol. The predicted octanol–water partition coefficient (Wildman–Crippen LogP) is 7.09. The van der Waals surface area contributed by atoms with Crippen molar-refractivity contribution in [3.05, 3.63) is 81.4 Å². The molecule has 0 aromatic heterocycles. The largest absolute Gasteiger partial charge is 0.460 e. The first-order valence-corrected chi connectivity index (χ1v) is 25.9. The molecule has 0 bridgehead atoms. The van der Waals surface area contributed by atoms with Crippen molar-refractivity contribution in [2.24, 2.45) is 17.6 Å². The summed E-state index contributed by atoms with van der Waals surface area (Å²) in [5.74, 6) is -2.84. The van der Waals surface area contributed by atoms with Crippen molar-refractivity contribution in [2.75, 3.05) is 13.1 Å². The Labute approximate surface area is 433 Å². The van der Waals surface area contributed by atoms with Crippen LogP contribution < -0.4 is 32.3 Å². The van der Waals surface area contributed by atoms with Gasteiger partial charge < -0.3 is 46.5 Å². The molecule has 7 N–H and O–H groups in total. The third kappa shape index (κ3) is 21.9. The molecule has 0 aliphatic heterocycles. The van der Waals surface area contributed by atoms with Crippen LogP contribution in [-0.2, 0) is 55.8 Å². The van der Waals surface area contributed by atoms with E-state index >= 15 is 0 Å². The van der Waals surface area contributed by atoms with Crippen molar-refractivity contribution in [3.63, 3.8) is 0 Å². The van der Waals surface area contributed by atoms with E-state index in [1.807, 2.05) is 66.7 Å². The van der Waals surface area contributed by atoms with Gasteiger partial charge in [-0.1, -0.05) is 54.6 Å². The fraction of sp³-hybridized carbons (Fsp3) is 0.574. The van der Waals surface area contributed by atoms with Crippen LogP contribution in [0.2, 0.25) is 0 Å². The molecule has 0 heterocycles. The average molecular weight is 1100 g/mol. The van der Waals surface area contributed by atoms with Gasteiger partial charge in [0.1, 0.15) is 34.9 Å². The second-order valence-electron chi connectivity index (χ2n) is 21.5. The molecule has 16 nitrogen and oxygen atoms in total. The molecule has 3 aromatic rings. The van der Waals surface area contributed by atoms with Gasteiger partial charge in [0.15, 0.2) is 0 Å². The second-order valence-corrected chi connectivity index (χ2v) is 22.8. The van der Waals surface area contributed by atoms with Crippen LogP contribution in [0.3, 0.4) is 0 Å². The maximum absolute atomic E-state index is 13.9. The standard InChI is InChI=1S/C54H77IN6O10/c1-52(2,3)69-45(62)28-27-43(50(67)71-54(7,8)9)61-51(68)60-42(49(66)70-53(4,5)6)16-12-13-29-57-48(65)44(32-36-19-22-37-14-10-11-15-39(37)30-36)59-46(63)38-23-17-35(18-24-38)33-58-47(64)41(56)31-34-20-25-40(55)26-21-34/h10-11,14-15,19-22,25-26,30,35,38,41-44H,12-13,16-18,23-24,27-29,31-33,56H2,1-9H3,(H,57,65)(H,58,64)(H,59,63)(H2,60,61,68)/t35?,38?,41-,42-,43-,44-/m0/s1. The number of unbranched alkanes of at least 4 members (excludes halogenated alkanes) is 1. The highest BCUT2D eigenvalue weighted by Gasteiger charge is 2.33. The summed E-state index contributed by atoms with van der Waals surface area (Å²) in [6.07, 6.45) is 4.06. The van der Waals surface area contributed by atoms with E-state index in [0.29, 0.717) is 38.6 Å². The highest BCUT2D eigenvalue weighted by Crippen LogP contribution is 2.29. The number of rotatable bonds is 22. The number of hydrogen-bond acceptors (Lipinski definition) is 11. The van der Waals surface area contributed by atoms with E-state index in [1.54, 1.807) is 62.3 Å². The number of nitrogens with one attached hydrogen (secondary N) is 5. The van der Waals surface area contributed by atoms with Crippen LogP contribution in [0.5, 0.6) is 0 Å². The van der Waals surface area contributed by atoms with Crippen molar-refractivity contribution in [1.29, 1.82) is 0 Å². The Morgan fingerprint density at radius 1 is 0.620 bits per heavy atom. The van der Waals surface area contributed by atoms with Crippen LogP contribution in [0, 0.1) is 15.4 Å². The first-order valence-electron chi connectivity index (χ1n) is 24.8. The number of benzene rings is 3. The highest BCUT2D eigenvalue weighted by molar-refractivity contribution is 14.1. The lowest BCUT2D eigenvalue weighted by molar-refractivity contribution is -0.159. The zero-order valence-corrected chi connectivity index (χ0v) is 45.2. The SMILES string of the molecule is CC(C)(C)OC(=O)CC[C@H](NC(=O)N[C@@H](CCCCNC(=O)[C@H](Cc1ccc2ccccc2c1)NC(=O)C1CCC(CNC(=O)[C@@H](N)Cc2ccc(I)cc2)CC1)C(=O)OC(C)(C)C)C(=O)OC(C)(C)C. The molecular formula is C54H77IN6O10. The molecule has 1 aliphatic rings. The zero-order chi connectivity index (χ0) is 52.5.